The van der Waals surface area contributed by atoms with Crippen molar-refractivity contribution in [3.8, 4) is 0 Å². The lowest BCUT2D eigenvalue weighted by atomic mass is 9.95. The number of rotatable bonds is 6. The predicted molar refractivity (Wildman–Crippen MR) is 114 cm³/mol. The van der Waals surface area contributed by atoms with Gasteiger partial charge in [-0.15, -0.1) is 5.10 Å². The SMILES string of the molecule is COCCn1nnnc1[C@]1(N2CCCC2)CCN(C(=O)c2ccc3ncccc3c2)C1. The van der Waals surface area contributed by atoms with Crippen LogP contribution in [0.4, 0.5) is 0 Å². The summed E-state index contributed by atoms with van der Waals surface area (Å²) in [5.41, 5.74) is 1.22. The summed E-state index contributed by atoms with van der Waals surface area (Å²) in [4.78, 5) is 22.2. The lowest BCUT2D eigenvalue weighted by Crippen LogP contribution is -2.49. The van der Waals surface area contributed by atoms with Gasteiger partial charge in [-0.3, -0.25) is 14.7 Å². The zero-order chi connectivity index (χ0) is 21.3. The molecule has 4 heterocycles. The molecule has 2 aliphatic heterocycles. The summed E-state index contributed by atoms with van der Waals surface area (Å²) in [6, 6.07) is 9.60. The first kappa shape index (κ1) is 20.0. The fraction of sp³-hybridized carbons (Fsp3) is 0.500. The Bertz CT molecular complexity index is 1080. The molecule has 0 radical (unpaired) electrons. The normalized spacial score (nSPS) is 21.9. The third kappa shape index (κ3) is 3.57. The molecule has 2 aliphatic rings. The quantitative estimate of drug-likeness (QED) is 0.598. The molecule has 2 aromatic heterocycles. The lowest BCUT2D eigenvalue weighted by Gasteiger charge is -2.37. The second-order valence-corrected chi connectivity index (χ2v) is 8.33. The Balaban J connectivity index is 1.45. The molecule has 5 rings (SSSR count). The summed E-state index contributed by atoms with van der Waals surface area (Å²) in [5.74, 6) is 0.882. The van der Waals surface area contributed by atoms with Gasteiger partial charge < -0.3 is 9.64 Å². The molecular formula is C22H27N7O2. The van der Waals surface area contributed by atoms with Gasteiger partial charge in [-0.05, 0) is 67.0 Å². The lowest BCUT2D eigenvalue weighted by molar-refractivity contribution is 0.0698. The van der Waals surface area contributed by atoms with Crippen molar-refractivity contribution in [2.45, 2.75) is 31.3 Å². The van der Waals surface area contributed by atoms with E-state index in [1.807, 2.05) is 39.9 Å². The first-order chi connectivity index (χ1) is 15.2. The number of benzene rings is 1. The molecule has 2 fully saturated rings. The van der Waals surface area contributed by atoms with Gasteiger partial charge in [-0.25, -0.2) is 4.68 Å². The molecule has 0 unspecified atom stereocenters. The third-order valence-electron chi connectivity index (χ3n) is 6.55. The number of ether oxygens (including phenoxy) is 1. The Hall–Kier alpha value is -2.91. The molecule has 0 N–H and O–H groups in total. The number of tetrazole rings is 1. The van der Waals surface area contributed by atoms with Crippen LogP contribution in [0.25, 0.3) is 10.9 Å². The molecule has 1 atom stereocenters. The van der Waals surface area contributed by atoms with Gasteiger partial charge in [-0.2, -0.15) is 0 Å². The second-order valence-electron chi connectivity index (χ2n) is 8.33. The van der Waals surface area contributed by atoms with E-state index < -0.39 is 0 Å². The van der Waals surface area contributed by atoms with E-state index in [1.54, 1.807) is 13.3 Å². The Kier molecular flexibility index (Phi) is 5.37. The van der Waals surface area contributed by atoms with E-state index in [2.05, 4.69) is 25.4 Å². The minimum atomic E-state index is -0.359. The number of carbonyl (C=O) groups is 1. The highest BCUT2D eigenvalue weighted by molar-refractivity contribution is 5.98. The summed E-state index contributed by atoms with van der Waals surface area (Å²) >= 11 is 0. The first-order valence-corrected chi connectivity index (χ1v) is 10.9. The number of hydrogen-bond acceptors (Lipinski definition) is 7. The molecule has 162 valence electrons. The van der Waals surface area contributed by atoms with Gasteiger partial charge in [0, 0.05) is 37.3 Å². The standard InChI is InChI=1S/C22H27N7O2/c1-31-14-13-29-21(24-25-26-29)22(28-10-2-3-11-28)8-12-27(16-22)20(30)18-6-7-19-17(15-18)5-4-9-23-19/h4-7,9,15H,2-3,8,10-14,16H2,1H3/t22-/m0/s1. The van der Waals surface area contributed by atoms with Gasteiger partial charge in [0.15, 0.2) is 5.82 Å². The minimum absolute atomic E-state index is 0.0442. The number of hydrogen-bond donors (Lipinski definition) is 0. The Morgan fingerprint density at radius 1 is 1.19 bits per heavy atom. The first-order valence-electron chi connectivity index (χ1n) is 10.9. The van der Waals surface area contributed by atoms with Gasteiger partial charge in [-0.1, -0.05) is 6.07 Å². The number of likely N-dealkylation sites (tertiary alicyclic amines) is 2. The molecule has 9 nitrogen and oxygen atoms in total. The fourth-order valence-corrected chi connectivity index (χ4v) is 4.95. The second kappa shape index (κ2) is 8.32. The van der Waals surface area contributed by atoms with Crippen LogP contribution >= 0.6 is 0 Å². The Labute approximate surface area is 181 Å². The van der Waals surface area contributed by atoms with Crippen LogP contribution in [0.2, 0.25) is 0 Å². The van der Waals surface area contributed by atoms with Crippen molar-refractivity contribution in [1.82, 2.24) is 35.0 Å². The zero-order valence-electron chi connectivity index (χ0n) is 17.8. The van der Waals surface area contributed by atoms with Crippen molar-refractivity contribution in [2.24, 2.45) is 0 Å². The number of fused-ring (bicyclic) bond motifs is 1. The summed E-state index contributed by atoms with van der Waals surface area (Å²) < 4.78 is 7.09. The van der Waals surface area contributed by atoms with E-state index in [4.69, 9.17) is 4.74 Å². The fourth-order valence-electron chi connectivity index (χ4n) is 4.95. The molecule has 1 aromatic carbocycles. The highest BCUT2D eigenvalue weighted by Crippen LogP contribution is 2.39. The highest BCUT2D eigenvalue weighted by Gasteiger charge is 2.50. The largest absolute Gasteiger partial charge is 0.383 e. The van der Waals surface area contributed by atoms with Crippen molar-refractivity contribution < 1.29 is 9.53 Å². The molecule has 1 amide bonds. The van der Waals surface area contributed by atoms with Gasteiger partial charge >= 0.3 is 0 Å². The zero-order valence-corrected chi connectivity index (χ0v) is 17.8. The van der Waals surface area contributed by atoms with Crippen LogP contribution < -0.4 is 0 Å². The number of aromatic nitrogens is 5. The third-order valence-corrected chi connectivity index (χ3v) is 6.55. The Morgan fingerprint density at radius 3 is 2.90 bits per heavy atom. The maximum Gasteiger partial charge on any atom is 0.253 e. The number of carbonyl (C=O) groups excluding carboxylic acids is 1. The van der Waals surface area contributed by atoms with Crippen LogP contribution in [-0.4, -0.2) is 80.8 Å². The monoisotopic (exact) mass is 421 g/mol. The van der Waals surface area contributed by atoms with Crippen molar-refractivity contribution in [1.29, 1.82) is 0 Å². The predicted octanol–water partition coefficient (Wildman–Crippen LogP) is 1.70. The van der Waals surface area contributed by atoms with Crippen LogP contribution in [0, 0.1) is 0 Å². The minimum Gasteiger partial charge on any atom is -0.383 e. The summed E-state index contributed by atoms with van der Waals surface area (Å²) in [6.07, 6.45) is 4.91. The van der Waals surface area contributed by atoms with E-state index in [1.165, 1.54) is 0 Å². The van der Waals surface area contributed by atoms with Gasteiger partial charge in [0.2, 0.25) is 0 Å². The van der Waals surface area contributed by atoms with Gasteiger partial charge in [0.25, 0.3) is 5.91 Å². The molecular weight excluding hydrogens is 394 g/mol. The average Bonchev–Trinajstić information content (AvgIpc) is 3.57. The molecule has 31 heavy (non-hydrogen) atoms. The maximum absolute atomic E-state index is 13.4. The molecule has 2 saturated heterocycles. The van der Waals surface area contributed by atoms with Crippen LogP contribution in [0.15, 0.2) is 36.5 Å². The van der Waals surface area contributed by atoms with Crippen LogP contribution in [0.3, 0.4) is 0 Å². The van der Waals surface area contributed by atoms with E-state index in [9.17, 15) is 4.79 Å². The maximum atomic E-state index is 13.4. The van der Waals surface area contributed by atoms with E-state index >= 15 is 0 Å². The van der Waals surface area contributed by atoms with Crippen LogP contribution in [-0.2, 0) is 16.8 Å². The molecule has 9 heteroatoms. The van der Waals surface area contributed by atoms with Crippen LogP contribution in [0.1, 0.15) is 35.4 Å². The van der Waals surface area contributed by atoms with Crippen molar-refractivity contribution >= 4 is 16.8 Å². The molecule has 0 spiro atoms. The van der Waals surface area contributed by atoms with Crippen LogP contribution in [0.5, 0.6) is 0 Å². The highest BCUT2D eigenvalue weighted by atomic mass is 16.5. The van der Waals surface area contributed by atoms with Crippen molar-refractivity contribution in [2.75, 3.05) is 39.9 Å². The smallest absolute Gasteiger partial charge is 0.253 e. The van der Waals surface area contributed by atoms with Gasteiger partial charge in [0.05, 0.1) is 18.7 Å². The van der Waals surface area contributed by atoms with Crippen molar-refractivity contribution in [3.05, 3.63) is 47.9 Å². The van der Waals surface area contributed by atoms with Crippen molar-refractivity contribution in [3.63, 3.8) is 0 Å². The number of pyridine rings is 1. The van der Waals surface area contributed by atoms with Gasteiger partial charge in [0.1, 0.15) is 5.54 Å². The molecule has 0 aliphatic carbocycles. The number of amides is 1. The molecule has 3 aromatic rings. The molecule has 0 saturated carbocycles. The average molecular weight is 422 g/mol. The van der Waals surface area contributed by atoms with E-state index in [0.717, 1.165) is 49.1 Å². The number of nitrogens with zero attached hydrogens (tertiary/aromatic N) is 7. The summed E-state index contributed by atoms with van der Waals surface area (Å²) in [7, 11) is 1.68. The Morgan fingerprint density at radius 2 is 2.06 bits per heavy atom. The van der Waals surface area contributed by atoms with E-state index in [0.29, 0.717) is 31.8 Å². The summed E-state index contributed by atoms with van der Waals surface area (Å²) in [5, 5.41) is 13.6. The summed E-state index contributed by atoms with van der Waals surface area (Å²) in [6.45, 7) is 4.41. The molecule has 0 bridgehead atoms. The van der Waals surface area contributed by atoms with E-state index in [-0.39, 0.29) is 11.4 Å². The number of methoxy groups -OCH3 is 1. The topological polar surface area (TPSA) is 89.3 Å².